The second-order valence-electron chi connectivity index (χ2n) is 7.43. The number of nitrogens with one attached hydrogen (secondary N) is 2. The Kier molecular flexibility index (Phi) is 7.34. The fourth-order valence-electron chi connectivity index (χ4n) is 3.35. The fraction of sp³-hybridized carbons (Fsp3) is 0.120. The molecule has 0 radical (unpaired) electrons. The first-order valence-corrected chi connectivity index (χ1v) is 11.5. The van der Waals surface area contributed by atoms with Gasteiger partial charge in [-0.2, -0.15) is 0 Å². The zero-order chi connectivity index (χ0) is 23.9. The highest BCUT2D eigenvalue weighted by Gasteiger charge is 2.16. The number of anilines is 2. The molecule has 1 aromatic heterocycles. The maximum atomic E-state index is 13.1. The SMILES string of the molecule is C=CCn1c(CC(=O)Nc2ccc(F)cc2)nnc1SCC(=O)Nc1ccc2ccccc2c1. The number of nitrogens with zero attached hydrogens (tertiary/aromatic N) is 3. The van der Waals surface area contributed by atoms with Crippen molar-refractivity contribution in [3.05, 3.63) is 91.0 Å². The van der Waals surface area contributed by atoms with Gasteiger partial charge in [-0.1, -0.05) is 48.2 Å². The topological polar surface area (TPSA) is 88.9 Å². The van der Waals surface area contributed by atoms with Gasteiger partial charge in [0.1, 0.15) is 11.6 Å². The fourth-order valence-corrected chi connectivity index (χ4v) is 4.11. The van der Waals surface area contributed by atoms with Crippen LogP contribution >= 0.6 is 11.8 Å². The van der Waals surface area contributed by atoms with E-state index in [1.165, 1.54) is 36.0 Å². The molecule has 34 heavy (non-hydrogen) atoms. The number of carbonyl (C=O) groups excluding carboxylic acids is 2. The van der Waals surface area contributed by atoms with E-state index in [-0.39, 0.29) is 29.8 Å². The zero-order valence-corrected chi connectivity index (χ0v) is 19.0. The third kappa shape index (κ3) is 5.87. The van der Waals surface area contributed by atoms with Crippen LogP contribution in [0.25, 0.3) is 10.8 Å². The van der Waals surface area contributed by atoms with Crippen LogP contribution in [0.5, 0.6) is 0 Å². The maximum Gasteiger partial charge on any atom is 0.234 e. The number of allylic oxidation sites excluding steroid dienone is 1. The summed E-state index contributed by atoms with van der Waals surface area (Å²) in [5.74, 6) is -0.296. The molecule has 0 saturated heterocycles. The van der Waals surface area contributed by atoms with Crippen LogP contribution in [0.15, 0.2) is 84.5 Å². The van der Waals surface area contributed by atoms with Gasteiger partial charge in [0.2, 0.25) is 11.8 Å². The Bertz CT molecular complexity index is 1340. The van der Waals surface area contributed by atoms with Gasteiger partial charge in [-0.25, -0.2) is 4.39 Å². The second-order valence-corrected chi connectivity index (χ2v) is 8.37. The largest absolute Gasteiger partial charge is 0.326 e. The molecule has 7 nitrogen and oxygen atoms in total. The summed E-state index contributed by atoms with van der Waals surface area (Å²) in [7, 11) is 0. The number of aromatic nitrogens is 3. The predicted octanol–water partition coefficient (Wildman–Crippen LogP) is 4.67. The van der Waals surface area contributed by atoms with E-state index in [4.69, 9.17) is 0 Å². The van der Waals surface area contributed by atoms with Crippen LogP contribution in [0.2, 0.25) is 0 Å². The van der Waals surface area contributed by atoms with Crippen LogP contribution in [0.3, 0.4) is 0 Å². The minimum Gasteiger partial charge on any atom is -0.326 e. The first-order chi connectivity index (χ1) is 16.5. The first kappa shape index (κ1) is 23.2. The molecule has 4 aromatic rings. The third-order valence-corrected chi connectivity index (χ3v) is 5.88. The van der Waals surface area contributed by atoms with Crippen molar-refractivity contribution >= 4 is 45.7 Å². The van der Waals surface area contributed by atoms with Crippen LogP contribution < -0.4 is 10.6 Å². The molecule has 4 rings (SSSR count). The highest BCUT2D eigenvalue weighted by molar-refractivity contribution is 7.99. The van der Waals surface area contributed by atoms with Crippen LogP contribution in [-0.4, -0.2) is 32.3 Å². The summed E-state index contributed by atoms with van der Waals surface area (Å²) in [6.07, 6.45) is 1.64. The molecule has 3 aromatic carbocycles. The Labute approximate surface area is 200 Å². The lowest BCUT2D eigenvalue weighted by Gasteiger charge is -2.09. The number of thioether (sulfide) groups is 1. The normalized spacial score (nSPS) is 10.7. The van der Waals surface area contributed by atoms with Crippen molar-refractivity contribution in [3.63, 3.8) is 0 Å². The molecule has 0 unspecified atom stereocenters. The lowest BCUT2D eigenvalue weighted by atomic mass is 10.1. The van der Waals surface area contributed by atoms with Gasteiger partial charge in [0, 0.05) is 17.9 Å². The Morgan fingerprint density at radius 1 is 0.941 bits per heavy atom. The molecule has 172 valence electrons. The first-order valence-electron chi connectivity index (χ1n) is 10.5. The molecular weight excluding hydrogens is 453 g/mol. The molecule has 1 heterocycles. The Morgan fingerprint density at radius 3 is 2.41 bits per heavy atom. The maximum absolute atomic E-state index is 13.1. The van der Waals surface area contributed by atoms with Crippen molar-refractivity contribution in [1.29, 1.82) is 0 Å². The van der Waals surface area contributed by atoms with Gasteiger partial charge >= 0.3 is 0 Å². The van der Waals surface area contributed by atoms with Gasteiger partial charge in [-0.3, -0.25) is 9.59 Å². The van der Waals surface area contributed by atoms with Crippen molar-refractivity contribution in [3.8, 4) is 0 Å². The summed E-state index contributed by atoms with van der Waals surface area (Å²) in [5.41, 5.74) is 1.20. The predicted molar refractivity (Wildman–Crippen MR) is 132 cm³/mol. The highest BCUT2D eigenvalue weighted by Crippen LogP contribution is 2.21. The van der Waals surface area contributed by atoms with E-state index in [2.05, 4.69) is 27.4 Å². The number of hydrogen-bond acceptors (Lipinski definition) is 5. The number of amides is 2. The summed E-state index contributed by atoms with van der Waals surface area (Å²) in [6.45, 7) is 4.14. The van der Waals surface area contributed by atoms with E-state index in [1.807, 2.05) is 42.5 Å². The minimum atomic E-state index is -0.380. The molecule has 0 atom stereocenters. The van der Waals surface area contributed by atoms with Gasteiger partial charge in [0.15, 0.2) is 5.16 Å². The molecule has 0 fully saturated rings. The average Bonchev–Trinajstić information content (AvgIpc) is 3.20. The lowest BCUT2D eigenvalue weighted by Crippen LogP contribution is -2.18. The average molecular weight is 476 g/mol. The Hall–Kier alpha value is -3.98. The van der Waals surface area contributed by atoms with Crippen molar-refractivity contribution in [2.24, 2.45) is 0 Å². The van der Waals surface area contributed by atoms with Gasteiger partial charge in [-0.05, 0) is 47.2 Å². The molecular formula is C25H22FN5O2S. The molecule has 2 amide bonds. The van der Waals surface area contributed by atoms with Crippen molar-refractivity contribution < 1.29 is 14.0 Å². The van der Waals surface area contributed by atoms with Gasteiger partial charge in [0.05, 0.1) is 12.2 Å². The highest BCUT2D eigenvalue weighted by atomic mass is 32.2. The van der Waals surface area contributed by atoms with Crippen molar-refractivity contribution in [1.82, 2.24) is 14.8 Å². The third-order valence-electron chi connectivity index (χ3n) is 4.92. The number of hydrogen-bond donors (Lipinski definition) is 2. The molecule has 0 aliphatic rings. The zero-order valence-electron chi connectivity index (χ0n) is 18.2. The van der Waals surface area contributed by atoms with Gasteiger partial charge < -0.3 is 15.2 Å². The molecule has 0 spiro atoms. The molecule has 0 aliphatic heterocycles. The Morgan fingerprint density at radius 2 is 1.65 bits per heavy atom. The van der Waals surface area contributed by atoms with Crippen LogP contribution in [0.1, 0.15) is 5.82 Å². The number of benzene rings is 3. The van der Waals surface area contributed by atoms with Gasteiger partial charge in [0.25, 0.3) is 0 Å². The lowest BCUT2D eigenvalue weighted by molar-refractivity contribution is -0.116. The Balaban J connectivity index is 1.37. The smallest absolute Gasteiger partial charge is 0.234 e. The summed E-state index contributed by atoms with van der Waals surface area (Å²) < 4.78 is 14.8. The monoisotopic (exact) mass is 475 g/mol. The van der Waals surface area contributed by atoms with E-state index in [1.54, 1.807) is 10.6 Å². The van der Waals surface area contributed by atoms with E-state index in [0.29, 0.717) is 23.2 Å². The summed E-state index contributed by atoms with van der Waals surface area (Å²) >= 11 is 1.23. The van der Waals surface area contributed by atoms with E-state index in [0.717, 1.165) is 16.5 Å². The summed E-state index contributed by atoms with van der Waals surface area (Å²) in [4.78, 5) is 24.9. The van der Waals surface area contributed by atoms with Gasteiger partial charge in [-0.15, -0.1) is 16.8 Å². The van der Waals surface area contributed by atoms with Crippen LogP contribution in [0.4, 0.5) is 15.8 Å². The molecule has 0 saturated carbocycles. The van der Waals surface area contributed by atoms with Crippen molar-refractivity contribution in [2.45, 2.75) is 18.1 Å². The summed E-state index contributed by atoms with van der Waals surface area (Å²) in [5, 5.41) is 16.5. The van der Waals surface area contributed by atoms with E-state index in [9.17, 15) is 14.0 Å². The molecule has 2 N–H and O–H groups in total. The molecule has 0 aliphatic carbocycles. The molecule has 0 bridgehead atoms. The number of carbonyl (C=O) groups is 2. The quantitative estimate of drug-likeness (QED) is 0.271. The second kappa shape index (κ2) is 10.8. The number of rotatable bonds is 9. The van der Waals surface area contributed by atoms with E-state index >= 15 is 0 Å². The van der Waals surface area contributed by atoms with Crippen LogP contribution in [-0.2, 0) is 22.6 Å². The molecule has 9 heteroatoms. The minimum absolute atomic E-state index is 0.0257. The number of halogens is 1. The summed E-state index contributed by atoms with van der Waals surface area (Å²) in [6, 6.07) is 19.2. The number of fused-ring (bicyclic) bond motifs is 1. The van der Waals surface area contributed by atoms with Crippen molar-refractivity contribution in [2.75, 3.05) is 16.4 Å². The van der Waals surface area contributed by atoms with E-state index < -0.39 is 0 Å². The standard InChI is InChI=1S/C25H22FN5O2S/c1-2-13-31-22(15-23(32)27-20-11-8-19(26)9-12-20)29-30-25(31)34-16-24(33)28-21-10-7-17-5-3-4-6-18(17)14-21/h2-12,14H,1,13,15-16H2,(H,27,32)(H,28,33). The van der Waals surface area contributed by atoms with Crippen LogP contribution in [0, 0.1) is 5.82 Å².